The molecule has 1 atom stereocenters. The molecule has 0 fully saturated rings. The Morgan fingerprint density at radius 3 is 1.93 bits per heavy atom. The number of nitrogens with zero attached hydrogens (tertiary/aromatic N) is 1. The molecule has 0 spiro atoms. The van der Waals surface area contributed by atoms with Crippen molar-refractivity contribution < 1.29 is 31.1 Å². The van der Waals surface area contributed by atoms with E-state index in [0.717, 1.165) is 30.3 Å². The minimum absolute atomic E-state index is 0.121. The van der Waals surface area contributed by atoms with Crippen LogP contribution in [0, 0.1) is 0 Å². The van der Waals surface area contributed by atoms with E-state index < -0.39 is 47.2 Å². The van der Waals surface area contributed by atoms with Crippen molar-refractivity contribution in [2.24, 2.45) is 0 Å². The smallest absolute Gasteiger partial charge is 0.292 e. The van der Waals surface area contributed by atoms with Gasteiger partial charge in [0.1, 0.15) is 5.69 Å². The fourth-order valence-corrected chi connectivity index (χ4v) is 3.28. The van der Waals surface area contributed by atoms with Gasteiger partial charge in [-0.3, -0.25) is 9.78 Å². The van der Waals surface area contributed by atoms with Crippen molar-refractivity contribution in [2.45, 2.75) is 24.7 Å². The molecule has 30 heavy (non-hydrogen) atoms. The Balaban J connectivity index is 2.15. The number of hydrogen-bond acceptors (Lipinski definition) is 2. The first kappa shape index (κ1) is 21.5. The van der Waals surface area contributed by atoms with Gasteiger partial charge >= 0.3 is 12.4 Å². The van der Waals surface area contributed by atoms with Crippen molar-refractivity contribution in [1.82, 2.24) is 4.98 Å². The lowest BCUT2D eigenvalue weighted by Crippen LogP contribution is -2.22. The van der Waals surface area contributed by atoms with Crippen LogP contribution in [0.25, 0.3) is 0 Å². The highest BCUT2D eigenvalue weighted by atomic mass is 19.4. The molecule has 156 valence electrons. The van der Waals surface area contributed by atoms with Gasteiger partial charge in [-0.15, -0.1) is 0 Å². The van der Waals surface area contributed by atoms with E-state index in [-0.39, 0.29) is 11.3 Å². The lowest BCUT2D eigenvalue weighted by Gasteiger charge is -2.22. The number of ketones is 1. The van der Waals surface area contributed by atoms with Crippen LogP contribution in [0.4, 0.5) is 26.3 Å². The van der Waals surface area contributed by atoms with Crippen LogP contribution < -0.4 is 0 Å². The first-order valence-electron chi connectivity index (χ1n) is 8.85. The third kappa shape index (κ3) is 4.69. The van der Waals surface area contributed by atoms with Gasteiger partial charge in [-0.05, 0) is 41.8 Å². The van der Waals surface area contributed by atoms with E-state index in [1.54, 1.807) is 0 Å². The summed E-state index contributed by atoms with van der Waals surface area (Å²) in [6, 6.07) is 13.3. The number of rotatable bonds is 5. The molecule has 1 aromatic heterocycles. The first-order valence-corrected chi connectivity index (χ1v) is 8.85. The zero-order valence-electron chi connectivity index (χ0n) is 15.3. The van der Waals surface area contributed by atoms with Crippen molar-refractivity contribution in [2.75, 3.05) is 0 Å². The Morgan fingerprint density at radius 1 is 0.767 bits per heavy atom. The molecule has 0 N–H and O–H groups in total. The highest BCUT2D eigenvalue weighted by Gasteiger charge is 2.39. The monoisotopic (exact) mass is 423 g/mol. The first-order chi connectivity index (χ1) is 14.1. The van der Waals surface area contributed by atoms with Crippen LogP contribution in [0.5, 0.6) is 0 Å². The second-order valence-electron chi connectivity index (χ2n) is 6.58. The van der Waals surface area contributed by atoms with Gasteiger partial charge in [-0.2, -0.15) is 26.3 Å². The van der Waals surface area contributed by atoms with E-state index in [1.165, 1.54) is 42.6 Å². The van der Waals surface area contributed by atoms with Gasteiger partial charge in [0.05, 0.1) is 17.0 Å². The fraction of sp³-hybridized carbons (Fsp3) is 0.182. The Labute approximate surface area is 168 Å². The molecule has 2 aromatic carbocycles. The molecule has 0 amide bonds. The summed E-state index contributed by atoms with van der Waals surface area (Å²) >= 11 is 0. The zero-order chi connectivity index (χ0) is 21.9. The molecule has 2 nitrogen and oxygen atoms in total. The van der Waals surface area contributed by atoms with Crippen LogP contribution in [-0.2, 0) is 18.8 Å². The Kier molecular flexibility index (Phi) is 5.96. The minimum atomic E-state index is -4.78. The fourth-order valence-electron chi connectivity index (χ4n) is 3.28. The third-order valence-corrected chi connectivity index (χ3v) is 4.62. The zero-order valence-corrected chi connectivity index (χ0v) is 15.3. The predicted octanol–water partition coefficient (Wildman–Crippen LogP) is 6.33. The van der Waals surface area contributed by atoms with Crippen molar-refractivity contribution in [1.29, 1.82) is 0 Å². The molecule has 8 heteroatoms. The van der Waals surface area contributed by atoms with Gasteiger partial charge in [-0.1, -0.05) is 42.5 Å². The summed E-state index contributed by atoms with van der Waals surface area (Å²) in [6.45, 7) is 0. The Bertz CT molecular complexity index is 1030. The van der Waals surface area contributed by atoms with E-state index >= 15 is 0 Å². The average molecular weight is 423 g/mol. The summed E-state index contributed by atoms with van der Waals surface area (Å²) in [5.41, 5.74) is -2.84. The number of hydrogen-bond donors (Lipinski definition) is 0. The summed E-state index contributed by atoms with van der Waals surface area (Å²) < 4.78 is 81.0. The van der Waals surface area contributed by atoms with Gasteiger partial charge in [0.2, 0.25) is 0 Å². The lowest BCUT2D eigenvalue weighted by atomic mass is 9.83. The van der Waals surface area contributed by atoms with Crippen molar-refractivity contribution in [3.8, 4) is 0 Å². The molecule has 0 saturated heterocycles. The average Bonchev–Trinajstić information content (AvgIpc) is 2.71. The van der Waals surface area contributed by atoms with Crippen molar-refractivity contribution >= 4 is 5.78 Å². The number of carbonyl (C=O) groups is 1. The molecule has 3 aromatic rings. The van der Waals surface area contributed by atoms with Crippen molar-refractivity contribution in [3.63, 3.8) is 0 Å². The summed E-state index contributed by atoms with van der Waals surface area (Å²) in [7, 11) is 0. The molecule has 3 rings (SSSR count). The summed E-state index contributed by atoms with van der Waals surface area (Å²) in [5, 5.41) is 0. The highest BCUT2D eigenvalue weighted by molar-refractivity contribution is 5.99. The number of pyridine rings is 1. The van der Waals surface area contributed by atoms with Gasteiger partial charge in [0, 0.05) is 6.20 Å². The van der Waals surface area contributed by atoms with Crippen LogP contribution in [0.15, 0.2) is 72.9 Å². The topological polar surface area (TPSA) is 30.0 Å². The molecule has 0 aliphatic rings. The quantitative estimate of drug-likeness (QED) is 0.355. The maximum atomic E-state index is 13.6. The molecule has 0 aliphatic carbocycles. The van der Waals surface area contributed by atoms with Crippen molar-refractivity contribution in [3.05, 3.63) is 101 Å². The third-order valence-electron chi connectivity index (χ3n) is 4.62. The van der Waals surface area contributed by atoms with Gasteiger partial charge in [-0.25, -0.2) is 0 Å². The largest absolute Gasteiger partial charge is 0.416 e. The Hall–Kier alpha value is -3.16. The SMILES string of the molecule is O=C(c1ccccn1)C(Cc1ccccc1C(F)(F)F)c1ccccc1C(F)(F)F. The van der Waals surface area contributed by atoms with Gasteiger partial charge in [0.25, 0.3) is 0 Å². The van der Waals surface area contributed by atoms with Crippen LogP contribution >= 0.6 is 0 Å². The predicted molar refractivity (Wildman–Crippen MR) is 97.9 cm³/mol. The molecule has 0 bridgehead atoms. The number of halogens is 6. The summed E-state index contributed by atoms with van der Waals surface area (Å²) in [4.78, 5) is 17.0. The van der Waals surface area contributed by atoms with Gasteiger partial charge in [0.15, 0.2) is 5.78 Å². The molecular weight excluding hydrogens is 408 g/mol. The number of alkyl halides is 6. The molecular formula is C22H15F6NO. The second kappa shape index (κ2) is 8.30. The second-order valence-corrected chi connectivity index (χ2v) is 6.58. The molecule has 1 heterocycles. The van der Waals surface area contributed by atoms with Crippen LogP contribution in [0.3, 0.4) is 0 Å². The molecule has 0 radical (unpaired) electrons. The maximum Gasteiger partial charge on any atom is 0.416 e. The van der Waals surface area contributed by atoms with E-state index in [9.17, 15) is 31.1 Å². The number of Topliss-reactive ketones (excluding diaryl/α,β-unsaturated/α-hetero) is 1. The highest BCUT2D eigenvalue weighted by Crippen LogP contribution is 2.39. The summed E-state index contributed by atoms with van der Waals surface area (Å²) in [5.74, 6) is -2.29. The van der Waals surface area contributed by atoms with Crippen LogP contribution in [0.2, 0.25) is 0 Å². The minimum Gasteiger partial charge on any atom is -0.292 e. The van der Waals surface area contributed by atoms with Crippen LogP contribution in [0.1, 0.15) is 38.7 Å². The maximum absolute atomic E-state index is 13.6. The number of aromatic nitrogens is 1. The van der Waals surface area contributed by atoms with Gasteiger partial charge < -0.3 is 0 Å². The van der Waals surface area contributed by atoms with E-state index in [1.807, 2.05) is 0 Å². The number of carbonyl (C=O) groups excluding carboxylic acids is 1. The molecule has 1 unspecified atom stereocenters. The normalized spacial score (nSPS) is 13.1. The van der Waals surface area contributed by atoms with E-state index in [4.69, 9.17) is 0 Å². The summed E-state index contributed by atoms with van der Waals surface area (Å²) in [6.07, 6.45) is -8.75. The standard InChI is InChI=1S/C22H15F6NO/c23-21(24,25)17-9-3-1-7-14(17)13-16(20(30)19-11-5-6-12-29-19)15-8-2-4-10-18(15)22(26,27)28/h1-12,16H,13H2. The van der Waals surface area contributed by atoms with E-state index in [2.05, 4.69) is 4.98 Å². The van der Waals surface area contributed by atoms with Crippen LogP contribution in [-0.4, -0.2) is 10.8 Å². The molecule has 0 aliphatic heterocycles. The Morgan fingerprint density at radius 2 is 1.33 bits per heavy atom. The van der Waals surface area contributed by atoms with E-state index in [0.29, 0.717) is 0 Å². The molecule has 0 saturated carbocycles. The lowest BCUT2D eigenvalue weighted by molar-refractivity contribution is -0.139. The number of benzene rings is 2.